The van der Waals surface area contributed by atoms with Crippen molar-refractivity contribution in [1.29, 1.82) is 0 Å². The van der Waals surface area contributed by atoms with Crippen LogP contribution in [-0.4, -0.2) is 54.4 Å². The molecule has 0 saturated heterocycles. The van der Waals surface area contributed by atoms with Crippen LogP contribution in [0.5, 0.6) is 0 Å². The van der Waals surface area contributed by atoms with Crippen molar-refractivity contribution >= 4 is 12.0 Å². The van der Waals surface area contributed by atoms with Crippen molar-refractivity contribution in [2.24, 2.45) is 5.41 Å². The molecule has 0 aliphatic rings. The van der Waals surface area contributed by atoms with Crippen LogP contribution in [0, 0.1) is 5.41 Å². The maximum absolute atomic E-state index is 12.1. The normalized spacial score (nSPS) is 14.6. The zero-order valence-electron chi connectivity index (χ0n) is 12.7. The molecular formula is C13H26N2O4. The van der Waals surface area contributed by atoms with Gasteiger partial charge in [-0.15, -0.1) is 0 Å². The van der Waals surface area contributed by atoms with E-state index in [1.165, 1.54) is 0 Å². The average Bonchev–Trinajstić information content (AvgIpc) is 2.25. The Morgan fingerprint density at radius 1 is 1.37 bits per heavy atom. The standard InChI is InChI=1S/C13H26N2O4/c1-7-15(9(2)8-19-6)12(18)14-10(11(16)17)13(3,4)5/h9-10H,7-8H2,1-6H3,(H,14,18)(H,16,17)/t9?,10-/m0/s1. The maximum Gasteiger partial charge on any atom is 0.326 e. The Hall–Kier alpha value is -1.30. The van der Waals surface area contributed by atoms with Gasteiger partial charge < -0.3 is 20.1 Å². The molecule has 0 bridgehead atoms. The molecule has 0 aromatic carbocycles. The predicted octanol–water partition coefficient (Wildman–Crippen LogP) is 1.55. The number of carboxylic acids is 1. The Bertz CT molecular complexity index is 312. The topological polar surface area (TPSA) is 78.9 Å². The van der Waals surface area contributed by atoms with Crippen molar-refractivity contribution in [3.8, 4) is 0 Å². The summed E-state index contributed by atoms with van der Waals surface area (Å²) in [6.45, 7) is 9.95. The van der Waals surface area contributed by atoms with Gasteiger partial charge >= 0.3 is 12.0 Å². The molecule has 0 aromatic heterocycles. The zero-order chi connectivity index (χ0) is 15.2. The molecule has 19 heavy (non-hydrogen) atoms. The van der Waals surface area contributed by atoms with Crippen LogP contribution in [0.1, 0.15) is 34.6 Å². The number of methoxy groups -OCH3 is 1. The van der Waals surface area contributed by atoms with E-state index in [1.807, 2.05) is 13.8 Å². The molecule has 0 radical (unpaired) electrons. The van der Waals surface area contributed by atoms with E-state index in [2.05, 4.69) is 5.32 Å². The van der Waals surface area contributed by atoms with Crippen LogP contribution < -0.4 is 5.32 Å². The van der Waals surface area contributed by atoms with Gasteiger partial charge in [0, 0.05) is 13.7 Å². The van der Waals surface area contributed by atoms with Crippen LogP contribution in [-0.2, 0) is 9.53 Å². The summed E-state index contributed by atoms with van der Waals surface area (Å²) < 4.78 is 5.02. The van der Waals surface area contributed by atoms with Gasteiger partial charge in [-0.2, -0.15) is 0 Å². The van der Waals surface area contributed by atoms with Crippen molar-refractivity contribution in [2.75, 3.05) is 20.3 Å². The third kappa shape index (κ3) is 5.46. The van der Waals surface area contributed by atoms with Gasteiger partial charge in [-0.25, -0.2) is 9.59 Å². The number of hydrogen-bond donors (Lipinski definition) is 2. The van der Waals surface area contributed by atoms with E-state index in [4.69, 9.17) is 4.74 Å². The highest BCUT2D eigenvalue weighted by molar-refractivity contribution is 5.83. The second-order valence-corrected chi connectivity index (χ2v) is 5.68. The van der Waals surface area contributed by atoms with Gasteiger partial charge in [-0.1, -0.05) is 20.8 Å². The Labute approximate surface area is 115 Å². The largest absolute Gasteiger partial charge is 0.480 e. The summed E-state index contributed by atoms with van der Waals surface area (Å²) >= 11 is 0. The first-order valence-corrected chi connectivity index (χ1v) is 6.44. The molecule has 0 spiro atoms. The average molecular weight is 274 g/mol. The number of carbonyl (C=O) groups excluding carboxylic acids is 1. The monoisotopic (exact) mass is 274 g/mol. The van der Waals surface area contributed by atoms with Crippen LogP contribution in [0.3, 0.4) is 0 Å². The Morgan fingerprint density at radius 2 is 1.89 bits per heavy atom. The number of nitrogens with one attached hydrogen (secondary N) is 1. The summed E-state index contributed by atoms with van der Waals surface area (Å²) in [4.78, 5) is 24.9. The summed E-state index contributed by atoms with van der Waals surface area (Å²) in [6, 6.07) is -1.41. The first-order chi connectivity index (χ1) is 8.65. The number of ether oxygens (including phenoxy) is 1. The molecule has 6 heteroatoms. The van der Waals surface area contributed by atoms with Crippen LogP contribution in [0.2, 0.25) is 0 Å². The molecule has 2 N–H and O–H groups in total. The minimum absolute atomic E-state index is 0.107. The van der Waals surface area contributed by atoms with Crippen LogP contribution >= 0.6 is 0 Å². The molecular weight excluding hydrogens is 248 g/mol. The van der Waals surface area contributed by atoms with Crippen LogP contribution in [0.25, 0.3) is 0 Å². The fourth-order valence-electron chi connectivity index (χ4n) is 1.84. The maximum atomic E-state index is 12.1. The molecule has 0 heterocycles. The van der Waals surface area contributed by atoms with Gasteiger partial charge in [0.15, 0.2) is 0 Å². The molecule has 6 nitrogen and oxygen atoms in total. The predicted molar refractivity (Wildman–Crippen MR) is 73.1 cm³/mol. The SMILES string of the molecule is CCN(C(=O)N[C@@H](C(=O)O)C(C)(C)C)C(C)COC. The number of hydrogen-bond acceptors (Lipinski definition) is 3. The van der Waals surface area contributed by atoms with E-state index >= 15 is 0 Å². The lowest BCUT2D eigenvalue weighted by molar-refractivity contribution is -0.142. The molecule has 0 fully saturated rings. The van der Waals surface area contributed by atoms with Gasteiger partial charge in [0.1, 0.15) is 6.04 Å². The summed E-state index contributed by atoms with van der Waals surface area (Å²) in [5.41, 5.74) is -0.550. The highest BCUT2D eigenvalue weighted by atomic mass is 16.5. The zero-order valence-corrected chi connectivity index (χ0v) is 12.7. The van der Waals surface area contributed by atoms with E-state index in [0.717, 1.165) is 0 Å². The summed E-state index contributed by atoms with van der Waals surface area (Å²) in [5, 5.41) is 11.8. The first kappa shape index (κ1) is 17.7. The molecule has 2 atom stereocenters. The fourth-order valence-corrected chi connectivity index (χ4v) is 1.84. The van der Waals surface area contributed by atoms with Gasteiger partial charge in [0.05, 0.1) is 12.6 Å². The van der Waals surface area contributed by atoms with E-state index in [-0.39, 0.29) is 12.1 Å². The highest BCUT2D eigenvalue weighted by Gasteiger charge is 2.34. The number of amides is 2. The van der Waals surface area contributed by atoms with Gasteiger partial charge in [-0.3, -0.25) is 0 Å². The van der Waals surface area contributed by atoms with Crippen LogP contribution in [0.15, 0.2) is 0 Å². The Kier molecular flexibility index (Phi) is 6.83. The van der Waals surface area contributed by atoms with Crippen molar-refractivity contribution < 1.29 is 19.4 Å². The third-order valence-electron chi connectivity index (χ3n) is 2.92. The van der Waals surface area contributed by atoms with Gasteiger partial charge in [0.25, 0.3) is 0 Å². The molecule has 112 valence electrons. The van der Waals surface area contributed by atoms with Crippen molar-refractivity contribution in [3.05, 3.63) is 0 Å². The lowest BCUT2D eigenvalue weighted by Gasteiger charge is -2.33. The number of nitrogens with zero attached hydrogens (tertiary/aromatic N) is 1. The Balaban J connectivity index is 4.84. The second-order valence-electron chi connectivity index (χ2n) is 5.68. The quantitative estimate of drug-likeness (QED) is 0.770. The van der Waals surface area contributed by atoms with Crippen molar-refractivity contribution in [2.45, 2.75) is 46.7 Å². The number of aliphatic carboxylic acids is 1. The lowest BCUT2D eigenvalue weighted by Crippen LogP contribution is -2.55. The number of rotatable bonds is 6. The lowest BCUT2D eigenvalue weighted by atomic mass is 9.87. The Morgan fingerprint density at radius 3 is 2.21 bits per heavy atom. The van der Waals surface area contributed by atoms with E-state index in [1.54, 1.807) is 32.8 Å². The number of carboxylic acid groups (broad SMARTS) is 1. The number of likely N-dealkylation sites (N-methyl/N-ethyl adjacent to an activating group) is 1. The molecule has 0 saturated carbocycles. The second kappa shape index (κ2) is 7.33. The van der Waals surface area contributed by atoms with Crippen molar-refractivity contribution in [1.82, 2.24) is 10.2 Å². The molecule has 0 rings (SSSR count). The van der Waals surface area contributed by atoms with E-state index < -0.39 is 17.4 Å². The summed E-state index contributed by atoms with van der Waals surface area (Å²) in [7, 11) is 1.57. The van der Waals surface area contributed by atoms with Gasteiger partial charge in [-0.05, 0) is 19.3 Å². The summed E-state index contributed by atoms with van der Waals surface area (Å²) in [5.74, 6) is -1.03. The smallest absolute Gasteiger partial charge is 0.326 e. The number of carbonyl (C=O) groups is 2. The van der Waals surface area contributed by atoms with Gasteiger partial charge in [0.2, 0.25) is 0 Å². The molecule has 0 aliphatic carbocycles. The molecule has 0 aromatic rings. The molecule has 1 unspecified atom stereocenters. The first-order valence-electron chi connectivity index (χ1n) is 6.44. The minimum atomic E-state index is -1.03. The molecule has 0 aliphatic heterocycles. The third-order valence-corrected chi connectivity index (χ3v) is 2.92. The fraction of sp³-hybridized carbons (Fsp3) is 0.846. The van der Waals surface area contributed by atoms with Crippen molar-refractivity contribution in [3.63, 3.8) is 0 Å². The van der Waals surface area contributed by atoms with Crippen LogP contribution in [0.4, 0.5) is 4.79 Å². The number of urea groups is 1. The van der Waals surface area contributed by atoms with E-state index in [9.17, 15) is 14.7 Å². The molecule has 2 amide bonds. The summed E-state index contributed by atoms with van der Waals surface area (Å²) in [6.07, 6.45) is 0. The highest BCUT2D eigenvalue weighted by Crippen LogP contribution is 2.19. The minimum Gasteiger partial charge on any atom is -0.480 e. The van der Waals surface area contributed by atoms with E-state index in [0.29, 0.717) is 13.2 Å².